The molecule has 1 aromatic carbocycles. The average molecular weight is 275 g/mol. The van der Waals surface area contributed by atoms with Crippen molar-refractivity contribution >= 4 is 11.7 Å². The molecule has 6 heteroatoms. The Morgan fingerprint density at radius 3 is 2.58 bits per heavy atom. The fourth-order valence-corrected chi connectivity index (χ4v) is 1.64. The number of nitrogens with one attached hydrogen (secondary N) is 1. The highest BCUT2D eigenvalue weighted by Gasteiger charge is 2.33. The molecule has 0 heterocycles. The van der Waals surface area contributed by atoms with Crippen LogP contribution in [-0.4, -0.2) is 18.6 Å². The van der Waals surface area contributed by atoms with Crippen LogP contribution < -0.4 is 5.32 Å². The van der Waals surface area contributed by atoms with Crippen molar-refractivity contribution < 1.29 is 22.7 Å². The second-order valence-corrected chi connectivity index (χ2v) is 4.10. The molecule has 0 spiro atoms. The van der Waals surface area contributed by atoms with Gasteiger partial charge in [0.25, 0.3) is 0 Å². The van der Waals surface area contributed by atoms with E-state index in [1.807, 2.05) is 0 Å². The van der Waals surface area contributed by atoms with Crippen LogP contribution in [0.1, 0.15) is 25.8 Å². The molecule has 1 atom stereocenters. The molecule has 1 aromatic rings. The Morgan fingerprint density at radius 2 is 2.00 bits per heavy atom. The molecular weight excluding hydrogens is 259 g/mol. The Hall–Kier alpha value is -1.72. The van der Waals surface area contributed by atoms with Crippen LogP contribution in [-0.2, 0) is 15.7 Å². The van der Waals surface area contributed by atoms with E-state index >= 15 is 0 Å². The van der Waals surface area contributed by atoms with E-state index in [0.717, 1.165) is 6.07 Å². The normalized spacial score (nSPS) is 12.9. The first-order valence-electron chi connectivity index (χ1n) is 5.93. The Balaban J connectivity index is 2.74. The Bertz CT molecular complexity index is 432. The SMILES string of the molecule is CCOC(=O)CC(C)Nc1ccccc1C(F)(F)F. The lowest BCUT2D eigenvalue weighted by Gasteiger charge is -2.18. The predicted octanol–water partition coefficient (Wildman–Crippen LogP) is 3.46. The molecule has 0 bridgehead atoms. The van der Waals surface area contributed by atoms with Gasteiger partial charge >= 0.3 is 12.1 Å². The van der Waals surface area contributed by atoms with Gasteiger partial charge in [-0.2, -0.15) is 13.2 Å². The lowest BCUT2D eigenvalue weighted by Crippen LogP contribution is -2.22. The minimum absolute atomic E-state index is 0.0139. The number of hydrogen-bond donors (Lipinski definition) is 1. The Kier molecular flexibility index (Phi) is 5.20. The highest BCUT2D eigenvalue weighted by molar-refractivity contribution is 5.70. The van der Waals surface area contributed by atoms with Gasteiger partial charge in [0, 0.05) is 11.7 Å². The van der Waals surface area contributed by atoms with E-state index in [0.29, 0.717) is 0 Å². The molecule has 1 unspecified atom stereocenters. The summed E-state index contributed by atoms with van der Waals surface area (Å²) in [5.74, 6) is -0.438. The third-order valence-corrected chi connectivity index (χ3v) is 2.41. The second kappa shape index (κ2) is 6.45. The van der Waals surface area contributed by atoms with Crippen molar-refractivity contribution in [3.05, 3.63) is 29.8 Å². The van der Waals surface area contributed by atoms with Crippen molar-refractivity contribution in [2.45, 2.75) is 32.5 Å². The van der Waals surface area contributed by atoms with Gasteiger partial charge in [-0.3, -0.25) is 4.79 Å². The number of carbonyl (C=O) groups excluding carboxylic acids is 1. The number of alkyl halides is 3. The summed E-state index contributed by atoms with van der Waals surface area (Å²) in [7, 11) is 0. The maximum Gasteiger partial charge on any atom is 0.418 e. The fraction of sp³-hybridized carbons (Fsp3) is 0.462. The third-order valence-electron chi connectivity index (χ3n) is 2.41. The van der Waals surface area contributed by atoms with Gasteiger partial charge in [0.15, 0.2) is 0 Å². The van der Waals surface area contributed by atoms with Crippen LogP contribution in [0, 0.1) is 0 Å². The summed E-state index contributed by atoms with van der Waals surface area (Å²) >= 11 is 0. The Morgan fingerprint density at radius 1 is 1.37 bits per heavy atom. The number of rotatable bonds is 5. The first-order valence-corrected chi connectivity index (χ1v) is 5.93. The first kappa shape index (κ1) is 15.3. The van der Waals surface area contributed by atoms with E-state index in [1.165, 1.54) is 18.2 Å². The number of halogens is 3. The summed E-state index contributed by atoms with van der Waals surface area (Å²) in [4.78, 5) is 11.2. The summed E-state index contributed by atoms with van der Waals surface area (Å²) in [6.45, 7) is 3.56. The summed E-state index contributed by atoms with van der Waals surface area (Å²) in [6, 6.07) is 4.73. The zero-order valence-corrected chi connectivity index (χ0v) is 10.8. The molecule has 1 N–H and O–H groups in total. The van der Waals surface area contributed by atoms with Crippen LogP contribution >= 0.6 is 0 Å². The first-order chi connectivity index (χ1) is 8.84. The summed E-state index contributed by atoms with van der Waals surface area (Å²) in [6.07, 6.45) is -4.41. The van der Waals surface area contributed by atoms with Crippen LogP contribution in [0.2, 0.25) is 0 Å². The molecule has 0 fully saturated rings. The van der Waals surface area contributed by atoms with Crippen molar-refractivity contribution in [1.29, 1.82) is 0 Å². The second-order valence-electron chi connectivity index (χ2n) is 4.10. The van der Waals surface area contributed by atoms with Gasteiger partial charge in [0.1, 0.15) is 0 Å². The van der Waals surface area contributed by atoms with Gasteiger partial charge in [-0.1, -0.05) is 12.1 Å². The van der Waals surface area contributed by atoms with E-state index in [4.69, 9.17) is 4.74 Å². The molecule has 19 heavy (non-hydrogen) atoms. The van der Waals surface area contributed by atoms with Gasteiger partial charge in [-0.05, 0) is 26.0 Å². The van der Waals surface area contributed by atoms with Crippen LogP contribution in [0.5, 0.6) is 0 Å². The maximum atomic E-state index is 12.8. The van der Waals surface area contributed by atoms with Gasteiger partial charge in [-0.25, -0.2) is 0 Å². The van der Waals surface area contributed by atoms with Crippen molar-refractivity contribution in [1.82, 2.24) is 0 Å². The van der Waals surface area contributed by atoms with Gasteiger partial charge in [0.2, 0.25) is 0 Å². The molecular formula is C13H16F3NO2. The zero-order valence-electron chi connectivity index (χ0n) is 10.8. The van der Waals surface area contributed by atoms with Crippen molar-refractivity contribution in [2.24, 2.45) is 0 Å². The molecule has 106 valence electrons. The standard InChI is InChI=1S/C13H16F3NO2/c1-3-19-12(18)8-9(2)17-11-7-5-4-6-10(11)13(14,15)16/h4-7,9,17H,3,8H2,1-2H3. The maximum absolute atomic E-state index is 12.8. The van der Waals surface area contributed by atoms with Crippen LogP contribution in [0.3, 0.4) is 0 Å². The minimum Gasteiger partial charge on any atom is -0.466 e. The summed E-state index contributed by atoms with van der Waals surface area (Å²) in [5.41, 5.74) is -0.780. The molecule has 3 nitrogen and oxygen atoms in total. The van der Waals surface area contributed by atoms with E-state index in [9.17, 15) is 18.0 Å². The highest BCUT2D eigenvalue weighted by Crippen LogP contribution is 2.34. The monoisotopic (exact) mass is 275 g/mol. The van der Waals surface area contributed by atoms with E-state index in [-0.39, 0.29) is 18.7 Å². The van der Waals surface area contributed by atoms with Crippen molar-refractivity contribution in [3.63, 3.8) is 0 Å². The van der Waals surface area contributed by atoms with E-state index in [1.54, 1.807) is 13.8 Å². The predicted molar refractivity (Wildman–Crippen MR) is 65.8 cm³/mol. The van der Waals surface area contributed by atoms with Gasteiger partial charge in [-0.15, -0.1) is 0 Å². The van der Waals surface area contributed by atoms with Crippen LogP contribution in [0.4, 0.5) is 18.9 Å². The lowest BCUT2D eigenvalue weighted by atomic mass is 10.1. The lowest BCUT2D eigenvalue weighted by molar-refractivity contribution is -0.143. The smallest absolute Gasteiger partial charge is 0.418 e. The highest BCUT2D eigenvalue weighted by atomic mass is 19.4. The molecule has 0 saturated heterocycles. The number of ether oxygens (including phenoxy) is 1. The molecule has 0 aliphatic rings. The number of para-hydroxylation sites is 1. The number of anilines is 1. The summed E-state index contributed by atoms with van der Waals surface area (Å²) in [5, 5.41) is 2.69. The van der Waals surface area contributed by atoms with Crippen molar-refractivity contribution in [3.8, 4) is 0 Å². The summed E-state index contributed by atoms with van der Waals surface area (Å²) < 4.78 is 43.0. The van der Waals surface area contributed by atoms with Crippen molar-refractivity contribution in [2.75, 3.05) is 11.9 Å². The van der Waals surface area contributed by atoms with Gasteiger partial charge in [0.05, 0.1) is 18.6 Å². The van der Waals surface area contributed by atoms with E-state index in [2.05, 4.69) is 5.32 Å². The molecule has 1 rings (SSSR count). The Labute approximate surface area is 109 Å². The molecule has 0 aliphatic heterocycles. The molecule has 0 radical (unpaired) electrons. The molecule has 0 aromatic heterocycles. The average Bonchev–Trinajstić information content (AvgIpc) is 2.28. The van der Waals surface area contributed by atoms with Crippen LogP contribution in [0.15, 0.2) is 24.3 Å². The number of esters is 1. The number of carbonyl (C=O) groups is 1. The number of hydrogen-bond acceptors (Lipinski definition) is 3. The molecule has 0 amide bonds. The topological polar surface area (TPSA) is 38.3 Å². The molecule has 0 aliphatic carbocycles. The van der Waals surface area contributed by atoms with Gasteiger partial charge < -0.3 is 10.1 Å². The van der Waals surface area contributed by atoms with Crippen LogP contribution in [0.25, 0.3) is 0 Å². The number of benzene rings is 1. The third kappa shape index (κ3) is 4.81. The fourth-order valence-electron chi connectivity index (χ4n) is 1.64. The zero-order chi connectivity index (χ0) is 14.5. The minimum atomic E-state index is -4.42. The molecule has 0 saturated carbocycles. The quantitative estimate of drug-likeness (QED) is 0.836. The van der Waals surface area contributed by atoms with E-state index < -0.39 is 23.8 Å². The largest absolute Gasteiger partial charge is 0.466 e.